The standard InChI is InChI=1S/C12H11ClFNO/c13-9-3-1-2-7-4-10(16-11(7)9)12(14)5-8(15)6-12/h1-4,8H,5-6,15H2. The first kappa shape index (κ1) is 10.1. The SMILES string of the molecule is NC1CC(F)(c2cc3cccc(Cl)c3o2)C1. The third-order valence-electron chi connectivity index (χ3n) is 3.11. The molecule has 0 unspecified atom stereocenters. The number of furan rings is 1. The number of halogens is 2. The van der Waals surface area contributed by atoms with Crippen LogP contribution in [0.3, 0.4) is 0 Å². The van der Waals surface area contributed by atoms with Gasteiger partial charge in [0.15, 0.2) is 11.3 Å². The van der Waals surface area contributed by atoms with Crippen molar-refractivity contribution < 1.29 is 8.81 Å². The third kappa shape index (κ3) is 1.35. The predicted molar refractivity (Wildman–Crippen MR) is 61.2 cm³/mol. The summed E-state index contributed by atoms with van der Waals surface area (Å²) in [5.74, 6) is 0.345. The zero-order valence-electron chi connectivity index (χ0n) is 8.54. The summed E-state index contributed by atoms with van der Waals surface area (Å²) in [5.41, 5.74) is 4.76. The molecule has 3 rings (SSSR count). The van der Waals surface area contributed by atoms with Gasteiger partial charge in [0.2, 0.25) is 0 Å². The molecule has 0 saturated heterocycles. The smallest absolute Gasteiger partial charge is 0.171 e. The first-order valence-corrected chi connectivity index (χ1v) is 5.59. The van der Waals surface area contributed by atoms with Crippen LogP contribution in [0.5, 0.6) is 0 Å². The second kappa shape index (κ2) is 3.22. The molecule has 1 heterocycles. The van der Waals surface area contributed by atoms with Gasteiger partial charge in [0.25, 0.3) is 0 Å². The van der Waals surface area contributed by atoms with Gasteiger partial charge in [0.1, 0.15) is 5.76 Å². The quantitative estimate of drug-likeness (QED) is 0.829. The molecule has 0 amide bonds. The van der Waals surface area contributed by atoms with Crippen molar-refractivity contribution in [3.8, 4) is 0 Å². The Morgan fingerprint density at radius 3 is 2.81 bits per heavy atom. The molecule has 0 bridgehead atoms. The van der Waals surface area contributed by atoms with E-state index in [0.717, 1.165) is 5.39 Å². The normalized spacial score (nSPS) is 29.3. The number of fused-ring (bicyclic) bond motifs is 1. The highest BCUT2D eigenvalue weighted by molar-refractivity contribution is 6.34. The Morgan fingerprint density at radius 2 is 2.19 bits per heavy atom. The highest BCUT2D eigenvalue weighted by Crippen LogP contribution is 2.46. The van der Waals surface area contributed by atoms with Crippen LogP contribution in [0, 0.1) is 0 Å². The zero-order chi connectivity index (χ0) is 11.3. The summed E-state index contributed by atoms with van der Waals surface area (Å²) in [7, 11) is 0. The largest absolute Gasteiger partial charge is 0.456 e. The Labute approximate surface area is 97.2 Å². The monoisotopic (exact) mass is 239 g/mol. The van der Waals surface area contributed by atoms with E-state index in [1.165, 1.54) is 0 Å². The first-order chi connectivity index (χ1) is 7.58. The molecule has 1 aliphatic carbocycles. The highest BCUT2D eigenvalue weighted by atomic mass is 35.5. The van der Waals surface area contributed by atoms with E-state index < -0.39 is 5.67 Å². The van der Waals surface area contributed by atoms with Gasteiger partial charge in [-0.2, -0.15) is 0 Å². The molecule has 0 atom stereocenters. The number of hydrogen-bond donors (Lipinski definition) is 1. The molecule has 2 aromatic rings. The third-order valence-corrected chi connectivity index (χ3v) is 3.41. The minimum Gasteiger partial charge on any atom is -0.456 e. The fourth-order valence-electron chi connectivity index (χ4n) is 2.22. The van der Waals surface area contributed by atoms with E-state index in [2.05, 4.69) is 0 Å². The van der Waals surface area contributed by atoms with Crippen LogP contribution in [0.2, 0.25) is 5.02 Å². The lowest BCUT2D eigenvalue weighted by Gasteiger charge is -2.37. The Hall–Kier alpha value is -1.06. The number of alkyl halides is 1. The molecule has 2 N–H and O–H groups in total. The summed E-state index contributed by atoms with van der Waals surface area (Å²) >= 11 is 5.97. The summed E-state index contributed by atoms with van der Waals surface area (Å²) in [6.45, 7) is 0. The second-order valence-corrected chi connectivity index (χ2v) is 4.81. The number of rotatable bonds is 1. The lowest BCUT2D eigenvalue weighted by atomic mass is 9.76. The number of benzene rings is 1. The molecule has 1 saturated carbocycles. The topological polar surface area (TPSA) is 39.2 Å². The van der Waals surface area contributed by atoms with Crippen molar-refractivity contribution in [3.63, 3.8) is 0 Å². The van der Waals surface area contributed by atoms with E-state index >= 15 is 0 Å². The zero-order valence-corrected chi connectivity index (χ0v) is 9.30. The first-order valence-electron chi connectivity index (χ1n) is 5.21. The molecule has 4 heteroatoms. The van der Waals surface area contributed by atoms with Gasteiger partial charge in [-0.25, -0.2) is 4.39 Å². The molecular weight excluding hydrogens is 229 g/mol. The molecule has 1 aliphatic rings. The Kier molecular flexibility index (Phi) is 2.03. The maximum atomic E-state index is 14.2. The van der Waals surface area contributed by atoms with Gasteiger partial charge in [-0.15, -0.1) is 0 Å². The number of hydrogen-bond acceptors (Lipinski definition) is 2. The van der Waals surface area contributed by atoms with Crippen LogP contribution >= 0.6 is 11.6 Å². The van der Waals surface area contributed by atoms with E-state index in [4.69, 9.17) is 21.8 Å². The van der Waals surface area contributed by atoms with Gasteiger partial charge < -0.3 is 10.2 Å². The highest BCUT2D eigenvalue weighted by Gasteiger charge is 2.47. The molecule has 1 fully saturated rings. The average molecular weight is 240 g/mol. The molecule has 1 aromatic carbocycles. The Bertz CT molecular complexity index is 545. The molecule has 16 heavy (non-hydrogen) atoms. The maximum absolute atomic E-state index is 14.2. The molecule has 2 nitrogen and oxygen atoms in total. The van der Waals surface area contributed by atoms with Gasteiger partial charge in [0.05, 0.1) is 5.02 Å². The molecule has 0 radical (unpaired) electrons. The summed E-state index contributed by atoms with van der Waals surface area (Å²) in [5, 5.41) is 1.34. The van der Waals surface area contributed by atoms with Crippen molar-refractivity contribution in [1.29, 1.82) is 0 Å². The van der Waals surface area contributed by atoms with Crippen LogP contribution < -0.4 is 5.73 Å². The predicted octanol–water partition coefficient (Wildman–Crippen LogP) is 3.37. The Morgan fingerprint density at radius 1 is 1.44 bits per heavy atom. The van der Waals surface area contributed by atoms with Crippen LogP contribution in [0.4, 0.5) is 4.39 Å². The summed E-state index contributed by atoms with van der Waals surface area (Å²) in [6.07, 6.45) is 0.648. The molecule has 0 spiro atoms. The minimum atomic E-state index is -1.40. The lowest BCUT2D eigenvalue weighted by Crippen LogP contribution is -2.45. The molecule has 84 valence electrons. The van der Waals surface area contributed by atoms with Crippen LogP contribution in [-0.2, 0) is 5.67 Å². The van der Waals surface area contributed by atoms with Gasteiger partial charge in [0, 0.05) is 24.3 Å². The van der Waals surface area contributed by atoms with Crippen molar-refractivity contribution in [1.82, 2.24) is 0 Å². The molecule has 1 aromatic heterocycles. The van der Waals surface area contributed by atoms with Crippen LogP contribution in [0.15, 0.2) is 28.7 Å². The Balaban J connectivity index is 2.09. The van der Waals surface area contributed by atoms with Crippen LogP contribution in [-0.4, -0.2) is 6.04 Å². The van der Waals surface area contributed by atoms with Crippen LogP contribution in [0.1, 0.15) is 18.6 Å². The van der Waals surface area contributed by atoms with Gasteiger partial charge in [-0.05, 0) is 12.1 Å². The van der Waals surface area contributed by atoms with Gasteiger partial charge >= 0.3 is 0 Å². The van der Waals surface area contributed by atoms with Crippen molar-refractivity contribution in [3.05, 3.63) is 35.0 Å². The van der Waals surface area contributed by atoms with E-state index in [9.17, 15) is 4.39 Å². The van der Waals surface area contributed by atoms with Crippen molar-refractivity contribution in [2.24, 2.45) is 5.73 Å². The van der Waals surface area contributed by atoms with Crippen molar-refractivity contribution in [2.75, 3.05) is 0 Å². The summed E-state index contributed by atoms with van der Waals surface area (Å²) in [4.78, 5) is 0. The molecular formula is C12H11ClFNO. The van der Waals surface area contributed by atoms with E-state index in [1.54, 1.807) is 12.1 Å². The second-order valence-electron chi connectivity index (χ2n) is 4.40. The van der Waals surface area contributed by atoms with Crippen molar-refractivity contribution >= 4 is 22.6 Å². The maximum Gasteiger partial charge on any atom is 0.171 e. The fraction of sp³-hybridized carbons (Fsp3) is 0.333. The molecule has 0 aliphatic heterocycles. The summed E-state index contributed by atoms with van der Waals surface area (Å²) in [6, 6.07) is 7.06. The van der Waals surface area contributed by atoms with Gasteiger partial charge in [-0.1, -0.05) is 23.7 Å². The number of para-hydroxylation sites is 1. The number of nitrogens with two attached hydrogens (primary N) is 1. The van der Waals surface area contributed by atoms with E-state index in [-0.39, 0.29) is 6.04 Å². The average Bonchev–Trinajstić information content (AvgIpc) is 2.61. The summed E-state index contributed by atoms with van der Waals surface area (Å²) < 4.78 is 19.7. The van der Waals surface area contributed by atoms with Gasteiger partial charge in [-0.3, -0.25) is 0 Å². The van der Waals surface area contributed by atoms with E-state index in [1.807, 2.05) is 12.1 Å². The fourth-order valence-corrected chi connectivity index (χ4v) is 2.44. The van der Waals surface area contributed by atoms with E-state index in [0.29, 0.717) is 29.2 Å². The van der Waals surface area contributed by atoms with Crippen LogP contribution in [0.25, 0.3) is 11.0 Å². The van der Waals surface area contributed by atoms with Crippen molar-refractivity contribution in [2.45, 2.75) is 24.6 Å². The lowest BCUT2D eigenvalue weighted by molar-refractivity contribution is 0.0196. The minimum absolute atomic E-state index is 0.0614.